The van der Waals surface area contributed by atoms with Gasteiger partial charge in [-0.05, 0) is 30.5 Å². The maximum absolute atomic E-state index is 12.5. The van der Waals surface area contributed by atoms with Gasteiger partial charge in [0.25, 0.3) is 11.5 Å². The quantitative estimate of drug-likeness (QED) is 0.790. The number of carbonyl (C=O) groups excluding carboxylic acids is 1. The highest BCUT2D eigenvalue weighted by molar-refractivity contribution is 7.12. The lowest BCUT2D eigenvalue weighted by Crippen LogP contribution is -2.24. The molecule has 7 heteroatoms. The van der Waals surface area contributed by atoms with Crippen LogP contribution in [0.5, 0.6) is 0 Å². The second-order valence-electron chi connectivity index (χ2n) is 4.38. The average Bonchev–Trinajstić information content (AvgIpc) is 2.98. The van der Waals surface area contributed by atoms with Crippen molar-refractivity contribution in [2.45, 2.75) is 6.92 Å². The van der Waals surface area contributed by atoms with Gasteiger partial charge in [0.15, 0.2) is 0 Å². The molecule has 0 aromatic carbocycles. The number of nitrogens with zero attached hydrogens (tertiary/aromatic N) is 2. The summed E-state index contributed by atoms with van der Waals surface area (Å²) in [6, 6.07) is 6.78. The molecule has 3 aromatic rings. The normalized spacial score (nSPS) is 10.8. The van der Waals surface area contributed by atoms with Crippen LogP contribution in [-0.2, 0) is 0 Å². The van der Waals surface area contributed by atoms with E-state index in [0.717, 1.165) is 0 Å². The maximum Gasteiger partial charge on any atom is 0.281 e. The average molecular weight is 320 g/mol. The molecule has 0 aliphatic heterocycles. The SMILES string of the molecule is Cc1nc2ccc(Cl)cn2c(=O)c1NC(=O)c1cccs1. The number of carbonyl (C=O) groups is 1. The first-order valence-electron chi connectivity index (χ1n) is 6.09. The molecule has 0 saturated carbocycles. The van der Waals surface area contributed by atoms with Crippen molar-refractivity contribution in [2.24, 2.45) is 0 Å². The van der Waals surface area contributed by atoms with E-state index in [4.69, 9.17) is 11.6 Å². The Morgan fingerprint density at radius 3 is 2.90 bits per heavy atom. The molecule has 21 heavy (non-hydrogen) atoms. The van der Waals surface area contributed by atoms with E-state index >= 15 is 0 Å². The molecule has 3 heterocycles. The van der Waals surface area contributed by atoms with Gasteiger partial charge in [0.1, 0.15) is 11.3 Å². The van der Waals surface area contributed by atoms with Crippen molar-refractivity contribution in [3.8, 4) is 0 Å². The monoisotopic (exact) mass is 319 g/mol. The zero-order chi connectivity index (χ0) is 15.0. The van der Waals surface area contributed by atoms with Gasteiger partial charge in [0.2, 0.25) is 0 Å². The van der Waals surface area contributed by atoms with E-state index in [0.29, 0.717) is 21.2 Å². The number of thiophene rings is 1. The molecule has 3 aromatic heterocycles. The lowest BCUT2D eigenvalue weighted by molar-refractivity contribution is 0.103. The molecule has 0 aliphatic rings. The Labute approximate surface area is 128 Å². The van der Waals surface area contributed by atoms with E-state index in [2.05, 4.69) is 10.3 Å². The molecular formula is C14H10ClN3O2S. The summed E-state index contributed by atoms with van der Waals surface area (Å²) < 4.78 is 1.32. The van der Waals surface area contributed by atoms with Crippen LogP contribution in [0.3, 0.4) is 0 Å². The molecular weight excluding hydrogens is 310 g/mol. The first-order valence-corrected chi connectivity index (χ1v) is 7.35. The predicted octanol–water partition coefficient (Wildman–Crippen LogP) is 2.97. The standard InChI is InChI=1S/C14H10ClN3O2S/c1-8-12(17-13(19)10-3-2-6-21-10)14(20)18-7-9(15)4-5-11(18)16-8/h2-7H,1H3,(H,17,19). The molecule has 3 rings (SSSR count). The molecule has 5 nitrogen and oxygen atoms in total. The van der Waals surface area contributed by atoms with Crippen molar-refractivity contribution in [2.75, 3.05) is 5.32 Å². The number of hydrogen-bond acceptors (Lipinski definition) is 4. The molecule has 0 saturated heterocycles. The summed E-state index contributed by atoms with van der Waals surface area (Å²) in [7, 11) is 0. The number of pyridine rings is 1. The highest BCUT2D eigenvalue weighted by Crippen LogP contribution is 2.15. The van der Waals surface area contributed by atoms with E-state index in [9.17, 15) is 9.59 Å². The third-order valence-corrected chi connectivity index (χ3v) is 4.04. The zero-order valence-corrected chi connectivity index (χ0v) is 12.5. The number of anilines is 1. The molecule has 1 amide bonds. The third-order valence-electron chi connectivity index (χ3n) is 2.95. The van der Waals surface area contributed by atoms with Crippen LogP contribution in [0.25, 0.3) is 5.65 Å². The fraction of sp³-hybridized carbons (Fsp3) is 0.0714. The molecule has 0 bridgehead atoms. The van der Waals surface area contributed by atoms with E-state index < -0.39 is 0 Å². The molecule has 0 spiro atoms. The molecule has 0 atom stereocenters. The minimum absolute atomic E-state index is 0.160. The third kappa shape index (κ3) is 2.55. The first kappa shape index (κ1) is 13.8. The number of aromatic nitrogens is 2. The summed E-state index contributed by atoms with van der Waals surface area (Å²) in [6.45, 7) is 1.68. The topological polar surface area (TPSA) is 63.5 Å². The summed E-state index contributed by atoms with van der Waals surface area (Å²) in [5, 5.41) is 4.85. The zero-order valence-electron chi connectivity index (χ0n) is 11.0. The molecule has 0 radical (unpaired) electrons. The molecule has 1 N–H and O–H groups in total. The lowest BCUT2D eigenvalue weighted by atomic mass is 10.3. The van der Waals surface area contributed by atoms with E-state index in [1.165, 1.54) is 21.9 Å². The number of rotatable bonds is 2. The molecule has 0 aliphatic carbocycles. The van der Waals surface area contributed by atoms with Gasteiger partial charge in [-0.2, -0.15) is 0 Å². The highest BCUT2D eigenvalue weighted by Gasteiger charge is 2.14. The number of amides is 1. The summed E-state index contributed by atoms with van der Waals surface area (Å²) in [5.41, 5.74) is 0.751. The van der Waals surface area contributed by atoms with Crippen molar-refractivity contribution >= 4 is 40.2 Å². The van der Waals surface area contributed by atoms with Crippen LogP contribution >= 0.6 is 22.9 Å². The van der Waals surface area contributed by atoms with Crippen molar-refractivity contribution in [1.29, 1.82) is 0 Å². The van der Waals surface area contributed by atoms with Gasteiger partial charge >= 0.3 is 0 Å². The lowest BCUT2D eigenvalue weighted by Gasteiger charge is -2.09. The Kier molecular flexibility index (Phi) is 3.48. The van der Waals surface area contributed by atoms with Crippen LogP contribution in [0.15, 0.2) is 40.6 Å². The van der Waals surface area contributed by atoms with Gasteiger partial charge in [-0.1, -0.05) is 17.7 Å². The van der Waals surface area contributed by atoms with Crippen LogP contribution in [0, 0.1) is 6.92 Å². The van der Waals surface area contributed by atoms with Crippen molar-refractivity contribution in [1.82, 2.24) is 9.38 Å². The van der Waals surface area contributed by atoms with E-state index in [1.54, 1.807) is 36.6 Å². The highest BCUT2D eigenvalue weighted by atomic mass is 35.5. The fourth-order valence-corrected chi connectivity index (χ4v) is 2.73. The van der Waals surface area contributed by atoms with E-state index in [1.807, 2.05) is 0 Å². The number of halogens is 1. The maximum atomic E-state index is 12.5. The minimum Gasteiger partial charge on any atom is -0.315 e. The number of hydrogen-bond donors (Lipinski definition) is 1. The Morgan fingerprint density at radius 2 is 2.19 bits per heavy atom. The molecule has 106 valence electrons. The second kappa shape index (κ2) is 5.31. The van der Waals surface area contributed by atoms with Crippen LogP contribution in [0.1, 0.15) is 15.4 Å². The summed E-state index contributed by atoms with van der Waals surface area (Å²) >= 11 is 7.20. The largest absolute Gasteiger partial charge is 0.315 e. The number of fused-ring (bicyclic) bond motifs is 1. The van der Waals surface area contributed by atoms with Crippen LogP contribution < -0.4 is 10.9 Å². The van der Waals surface area contributed by atoms with Gasteiger partial charge in [0, 0.05) is 6.20 Å². The number of nitrogens with one attached hydrogen (secondary N) is 1. The van der Waals surface area contributed by atoms with Gasteiger partial charge in [-0.25, -0.2) is 4.98 Å². The van der Waals surface area contributed by atoms with Crippen molar-refractivity contribution < 1.29 is 4.79 Å². The first-order chi connectivity index (χ1) is 10.1. The summed E-state index contributed by atoms with van der Waals surface area (Å²) in [4.78, 5) is 29.4. The Morgan fingerprint density at radius 1 is 1.38 bits per heavy atom. The van der Waals surface area contributed by atoms with Gasteiger partial charge in [-0.15, -0.1) is 11.3 Å². The summed E-state index contributed by atoms with van der Waals surface area (Å²) in [5.74, 6) is -0.325. The Bertz CT molecular complexity index is 887. The molecule has 0 unspecified atom stereocenters. The second-order valence-corrected chi connectivity index (χ2v) is 5.77. The predicted molar refractivity (Wildman–Crippen MR) is 83.5 cm³/mol. The van der Waals surface area contributed by atoms with Crippen LogP contribution in [0.2, 0.25) is 5.02 Å². The molecule has 0 fully saturated rings. The van der Waals surface area contributed by atoms with Gasteiger partial charge < -0.3 is 5.32 Å². The van der Waals surface area contributed by atoms with Crippen molar-refractivity contribution in [3.63, 3.8) is 0 Å². The van der Waals surface area contributed by atoms with Gasteiger partial charge in [0.05, 0.1) is 15.6 Å². The van der Waals surface area contributed by atoms with Crippen LogP contribution in [0.4, 0.5) is 5.69 Å². The van der Waals surface area contributed by atoms with Crippen LogP contribution in [-0.4, -0.2) is 15.3 Å². The fourth-order valence-electron chi connectivity index (χ4n) is 1.95. The summed E-state index contributed by atoms with van der Waals surface area (Å²) in [6.07, 6.45) is 1.48. The Balaban J connectivity index is 2.10. The van der Waals surface area contributed by atoms with Gasteiger partial charge in [-0.3, -0.25) is 14.0 Å². The van der Waals surface area contributed by atoms with Crippen molar-refractivity contribution in [3.05, 3.63) is 61.8 Å². The minimum atomic E-state index is -0.357. The number of aryl methyl sites for hydroxylation is 1. The van der Waals surface area contributed by atoms with E-state index in [-0.39, 0.29) is 17.2 Å². The Hall–Kier alpha value is -2.18. The smallest absolute Gasteiger partial charge is 0.281 e.